The first kappa shape index (κ1) is 12.3. The van der Waals surface area contributed by atoms with Crippen molar-refractivity contribution in [1.82, 2.24) is 4.31 Å². The number of halogens is 4. The minimum Gasteiger partial charge on any atom is -0.251 e. The predicted octanol–water partition coefficient (Wildman–Crippen LogP) is 3.49. The van der Waals surface area contributed by atoms with Gasteiger partial charge < -0.3 is 0 Å². The summed E-state index contributed by atoms with van der Waals surface area (Å²) < 4.78 is 22.4. The molecule has 0 spiro atoms. The third-order valence-electron chi connectivity index (χ3n) is 0.844. The van der Waals surface area contributed by atoms with Crippen molar-refractivity contribution in [2.45, 2.75) is 23.8 Å². The second-order valence-electron chi connectivity index (χ2n) is 2.21. The van der Waals surface area contributed by atoms with Crippen molar-refractivity contribution in [3.63, 3.8) is 0 Å². The van der Waals surface area contributed by atoms with Crippen LogP contribution in [0.15, 0.2) is 0 Å². The number of carbonyl (C=O) groups is 1. The molecule has 0 N–H and O–H groups in total. The van der Waals surface area contributed by atoms with E-state index < -0.39 is 16.1 Å². The number of hydrogen-bond acceptors (Lipinski definition) is 2. The Morgan fingerprint density at radius 2 is 2.00 bits per heavy atom. The van der Waals surface area contributed by atoms with Crippen LogP contribution in [-0.4, -0.2) is 20.4 Å². The molecule has 0 aromatic heterocycles. The summed E-state index contributed by atoms with van der Waals surface area (Å²) in [7, 11) is 0. The lowest BCUT2D eigenvalue weighted by atomic mass is 10.4. The topological polar surface area (TPSA) is 20.3 Å². The Labute approximate surface area is 83.3 Å². The largest absolute Gasteiger partial charge is 0.410 e. The molecule has 0 aliphatic heterocycles. The Bertz CT molecular complexity index is 173. The zero-order chi connectivity index (χ0) is 9.94. The number of rotatable bonds is 3. The van der Waals surface area contributed by atoms with Crippen molar-refractivity contribution in [2.75, 3.05) is 0 Å². The normalized spacial score (nSPS) is 11.9. The molecule has 0 heterocycles. The lowest BCUT2D eigenvalue weighted by molar-refractivity contribution is 0.197. The Morgan fingerprint density at radius 3 is 2.08 bits per heavy atom. The molecule has 12 heavy (non-hydrogen) atoms. The average molecular weight is 238 g/mol. The molecule has 72 valence electrons. The second-order valence-corrected chi connectivity index (χ2v) is 5.03. The van der Waals surface area contributed by atoms with Gasteiger partial charge in [0, 0.05) is 18.0 Å². The van der Waals surface area contributed by atoms with Crippen molar-refractivity contribution in [3.05, 3.63) is 0 Å². The minimum absolute atomic E-state index is 0.0910. The van der Waals surface area contributed by atoms with Crippen LogP contribution in [0.4, 0.5) is 13.6 Å². The number of hydrogen-bond donors (Lipinski definition) is 0. The maximum Gasteiger partial charge on any atom is 0.410 e. The molecule has 0 saturated carbocycles. The van der Waals surface area contributed by atoms with E-state index in [1.165, 1.54) is 13.8 Å². The highest BCUT2D eigenvalue weighted by Crippen LogP contribution is 2.39. The summed E-state index contributed by atoms with van der Waals surface area (Å²) in [6.07, 6.45) is -1.78. The number of alkyl halides is 3. The quantitative estimate of drug-likeness (QED) is 0.324. The first-order chi connectivity index (χ1) is 5.24. The van der Waals surface area contributed by atoms with E-state index in [1.54, 1.807) is 0 Å². The van der Waals surface area contributed by atoms with Crippen molar-refractivity contribution < 1.29 is 13.6 Å². The summed E-state index contributed by atoms with van der Waals surface area (Å²) in [5.74, 6) is 0. The fraction of sp³-hybridized carbons (Fsp3) is 0.800. The van der Waals surface area contributed by atoms with Crippen molar-refractivity contribution in [1.29, 1.82) is 0 Å². The van der Waals surface area contributed by atoms with Crippen LogP contribution in [0.5, 0.6) is 0 Å². The summed E-state index contributed by atoms with van der Waals surface area (Å²) >= 11 is 9.93. The first-order valence-electron chi connectivity index (χ1n) is 2.98. The molecule has 0 atom stereocenters. The minimum atomic E-state index is -2.69. The van der Waals surface area contributed by atoms with Gasteiger partial charge in [-0.2, -0.15) is 4.39 Å². The smallest absolute Gasteiger partial charge is 0.251 e. The molecule has 0 fully saturated rings. The first-order valence-corrected chi connectivity index (χ1v) is 4.51. The van der Waals surface area contributed by atoms with E-state index in [4.69, 9.17) is 23.2 Å². The van der Waals surface area contributed by atoms with E-state index in [0.29, 0.717) is 4.31 Å². The second kappa shape index (κ2) is 4.48. The molecule has 2 nitrogen and oxygen atoms in total. The van der Waals surface area contributed by atoms with Gasteiger partial charge >= 0.3 is 10.1 Å². The van der Waals surface area contributed by atoms with Gasteiger partial charge in [0.2, 0.25) is 0 Å². The van der Waals surface area contributed by atoms with E-state index in [-0.39, 0.29) is 11.9 Å². The standard InChI is InChI=1S/C5H7Cl2F2NOS/c1-3(2)10(4(8)11)12-5(6,7)9/h3H,1-2H3. The Morgan fingerprint density at radius 1 is 1.58 bits per heavy atom. The fourth-order valence-electron chi connectivity index (χ4n) is 0.456. The number of amides is 1. The third-order valence-corrected chi connectivity index (χ3v) is 2.23. The number of carbonyl (C=O) groups excluding carboxylic acids is 1. The van der Waals surface area contributed by atoms with Gasteiger partial charge in [0.15, 0.2) is 0 Å². The van der Waals surface area contributed by atoms with Crippen LogP contribution in [0.3, 0.4) is 0 Å². The van der Waals surface area contributed by atoms with Gasteiger partial charge in [-0.3, -0.25) is 4.31 Å². The van der Waals surface area contributed by atoms with Crippen molar-refractivity contribution >= 4 is 41.3 Å². The molecule has 7 heteroatoms. The summed E-state index contributed by atoms with van der Waals surface area (Å²) in [4.78, 5) is 10.2. The van der Waals surface area contributed by atoms with E-state index in [9.17, 15) is 13.6 Å². The highest BCUT2D eigenvalue weighted by atomic mass is 35.5. The molecule has 0 unspecified atom stereocenters. The zero-order valence-corrected chi connectivity index (χ0v) is 8.68. The molecule has 0 aromatic carbocycles. The average Bonchev–Trinajstić information content (AvgIpc) is 1.79. The van der Waals surface area contributed by atoms with Gasteiger partial charge in [0.25, 0.3) is 0 Å². The maximum atomic E-state index is 12.5. The van der Waals surface area contributed by atoms with Crippen LogP contribution in [0.1, 0.15) is 13.8 Å². The predicted molar refractivity (Wildman–Crippen MR) is 46.6 cm³/mol. The lowest BCUT2D eigenvalue weighted by Crippen LogP contribution is -2.29. The molecule has 0 aliphatic carbocycles. The zero-order valence-electron chi connectivity index (χ0n) is 6.35. The van der Waals surface area contributed by atoms with E-state index in [1.807, 2.05) is 0 Å². The van der Waals surface area contributed by atoms with Gasteiger partial charge in [0.1, 0.15) is 0 Å². The van der Waals surface area contributed by atoms with Crippen LogP contribution < -0.4 is 0 Å². The Balaban J connectivity index is 4.25. The summed E-state index contributed by atoms with van der Waals surface area (Å²) in [6.45, 7) is 3.01. The molecule has 0 aliphatic rings. The molecule has 1 amide bonds. The molecule has 0 rings (SSSR count). The van der Waals surface area contributed by atoms with E-state index >= 15 is 0 Å². The van der Waals surface area contributed by atoms with Crippen LogP contribution in [0, 0.1) is 0 Å². The molecule has 0 bridgehead atoms. The van der Waals surface area contributed by atoms with Crippen LogP contribution >= 0.6 is 35.1 Å². The SMILES string of the molecule is CC(C)N(SC(F)(Cl)Cl)C(=O)F. The number of nitrogens with zero attached hydrogens (tertiary/aromatic N) is 1. The Kier molecular flexibility index (Phi) is 4.58. The molecule has 0 saturated heterocycles. The van der Waals surface area contributed by atoms with Crippen molar-refractivity contribution in [2.24, 2.45) is 0 Å². The van der Waals surface area contributed by atoms with Gasteiger partial charge in [0.05, 0.1) is 0 Å². The highest BCUT2D eigenvalue weighted by molar-refractivity contribution is 8.01. The van der Waals surface area contributed by atoms with E-state index in [0.717, 1.165) is 0 Å². The van der Waals surface area contributed by atoms with Gasteiger partial charge in [-0.1, -0.05) is 23.2 Å². The molecular formula is C5H7Cl2F2NOS. The van der Waals surface area contributed by atoms with E-state index in [2.05, 4.69) is 0 Å². The summed E-state index contributed by atoms with van der Waals surface area (Å²) in [5.41, 5.74) is 0. The lowest BCUT2D eigenvalue weighted by Gasteiger charge is -2.23. The van der Waals surface area contributed by atoms with Gasteiger partial charge in [-0.05, 0) is 13.8 Å². The van der Waals surface area contributed by atoms with Crippen molar-refractivity contribution in [3.8, 4) is 0 Å². The highest BCUT2D eigenvalue weighted by Gasteiger charge is 2.31. The molecular weight excluding hydrogens is 231 g/mol. The molecule has 0 radical (unpaired) electrons. The summed E-state index contributed by atoms with van der Waals surface area (Å²) in [6, 6.07) is -0.514. The summed E-state index contributed by atoms with van der Waals surface area (Å²) in [5, 5.41) is 0. The monoisotopic (exact) mass is 237 g/mol. The van der Waals surface area contributed by atoms with Gasteiger partial charge in [-0.15, -0.1) is 4.39 Å². The third kappa shape index (κ3) is 5.00. The van der Waals surface area contributed by atoms with Gasteiger partial charge in [-0.25, -0.2) is 4.79 Å². The van der Waals surface area contributed by atoms with Crippen LogP contribution in [0.25, 0.3) is 0 Å². The fourth-order valence-corrected chi connectivity index (χ4v) is 1.41. The maximum absolute atomic E-state index is 12.5. The van der Waals surface area contributed by atoms with Crippen LogP contribution in [0.2, 0.25) is 0 Å². The molecule has 0 aromatic rings. The van der Waals surface area contributed by atoms with Crippen LogP contribution in [-0.2, 0) is 0 Å². The Hall–Kier alpha value is 0.260.